The van der Waals surface area contributed by atoms with Gasteiger partial charge in [-0.3, -0.25) is 20.0 Å². The Balaban J connectivity index is 1.44. The van der Waals surface area contributed by atoms with Crippen molar-refractivity contribution in [3.8, 4) is 11.1 Å². The zero-order chi connectivity index (χ0) is 23.0. The fourth-order valence-corrected chi connectivity index (χ4v) is 3.74. The molecule has 0 radical (unpaired) electrons. The lowest BCUT2D eigenvalue weighted by molar-refractivity contribution is 0.262. The molecule has 4 rings (SSSR count). The molecule has 0 spiro atoms. The van der Waals surface area contributed by atoms with E-state index < -0.39 is 0 Å². The summed E-state index contributed by atoms with van der Waals surface area (Å²) in [6.07, 6.45) is 3.49. The molecule has 4 aromatic rings. The second kappa shape index (κ2) is 10.9. The van der Waals surface area contributed by atoms with E-state index in [1.807, 2.05) is 48.5 Å². The van der Waals surface area contributed by atoms with Crippen molar-refractivity contribution < 1.29 is 0 Å². The first-order chi connectivity index (χ1) is 16.2. The molecule has 33 heavy (non-hydrogen) atoms. The molecule has 2 aromatic carbocycles. The number of nitrogens with zero attached hydrogens (tertiary/aromatic N) is 3. The van der Waals surface area contributed by atoms with Gasteiger partial charge in [0.2, 0.25) is 11.9 Å². The van der Waals surface area contributed by atoms with E-state index in [4.69, 9.17) is 11.5 Å². The molecule has 2 aromatic heterocycles. The van der Waals surface area contributed by atoms with Crippen LogP contribution in [-0.2, 0) is 6.54 Å². The number of H-pyrrole nitrogens is 2. The van der Waals surface area contributed by atoms with Gasteiger partial charge in [0.1, 0.15) is 0 Å². The van der Waals surface area contributed by atoms with Gasteiger partial charge in [-0.15, -0.1) is 0 Å². The highest BCUT2D eigenvalue weighted by molar-refractivity contribution is 5.77. The van der Waals surface area contributed by atoms with E-state index in [0.717, 1.165) is 49.1 Å². The number of aromatic amines is 2. The fraction of sp³-hybridized carbons (Fsp3) is 0.292. The van der Waals surface area contributed by atoms with Crippen molar-refractivity contribution in [2.75, 3.05) is 31.5 Å². The number of nitrogens with one attached hydrogen (secondary N) is 3. The predicted molar refractivity (Wildman–Crippen MR) is 132 cm³/mol. The van der Waals surface area contributed by atoms with Gasteiger partial charge < -0.3 is 16.5 Å². The predicted octanol–water partition coefficient (Wildman–Crippen LogP) is 2.56. The molecule has 172 valence electrons. The standard InChI is InChI=1S/C24H30N8O/c25-11-3-13-32(14-4-12-26)16-17-7-9-18(10-8-17)19-15-27-23(30-22(19)33)31-24-28-20-5-1-2-6-21(20)29-24/h1-2,5-10,15H,3-4,11-14,16,25-26H2,(H3,27,28,29,30,31,33). The molecule has 7 N–H and O–H groups in total. The van der Waals surface area contributed by atoms with Crippen LogP contribution in [0.4, 0.5) is 11.9 Å². The SMILES string of the molecule is NCCCN(CCCN)Cc1ccc(-c2cnc(Nc3nc4ccccc4[nH]3)[nH]c2=O)cc1. The summed E-state index contributed by atoms with van der Waals surface area (Å²) in [6.45, 7) is 4.07. The molecule has 2 heterocycles. The van der Waals surface area contributed by atoms with Gasteiger partial charge in [-0.2, -0.15) is 0 Å². The van der Waals surface area contributed by atoms with Gasteiger partial charge in [-0.05, 0) is 62.3 Å². The Morgan fingerprint density at radius 1 is 0.909 bits per heavy atom. The number of imidazole rings is 1. The lowest BCUT2D eigenvalue weighted by Crippen LogP contribution is -2.28. The molecule has 0 aliphatic carbocycles. The second-order valence-corrected chi connectivity index (χ2v) is 7.96. The number of rotatable bonds is 11. The summed E-state index contributed by atoms with van der Waals surface area (Å²) < 4.78 is 0. The largest absolute Gasteiger partial charge is 0.330 e. The number of hydrogen-bond acceptors (Lipinski definition) is 7. The normalized spacial score (nSPS) is 11.4. The highest BCUT2D eigenvalue weighted by Crippen LogP contribution is 2.19. The minimum Gasteiger partial charge on any atom is -0.330 e. The number of nitrogens with two attached hydrogens (primary N) is 2. The summed E-state index contributed by atoms with van der Waals surface area (Å²) >= 11 is 0. The number of hydrogen-bond donors (Lipinski definition) is 5. The van der Waals surface area contributed by atoms with Crippen LogP contribution in [-0.4, -0.2) is 51.0 Å². The van der Waals surface area contributed by atoms with E-state index in [1.54, 1.807) is 6.20 Å². The van der Waals surface area contributed by atoms with Crippen LogP contribution in [0.2, 0.25) is 0 Å². The van der Waals surface area contributed by atoms with E-state index in [9.17, 15) is 4.79 Å². The van der Waals surface area contributed by atoms with Gasteiger partial charge in [0.25, 0.3) is 5.56 Å². The maximum Gasteiger partial charge on any atom is 0.260 e. The minimum atomic E-state index is -0.219. The summed E-state index contributed by atoms with van der Waals surface area (Å²) in [5.41, 5.74) is 15.4. The van der Waals surface area contributed by atoms with E-state index >= 15 is 0 Å². The molecule has 0 atom stereocenters. The van der Waals surface area contributed by atoms with Crippen molar-refractivity contribution in [3.63, 3.8) is 0 Å². The summed E-state index contributed by atoms with van der Waals surface area (Å²) in [5.74, 6) is 0.847. The maximum absolute atomic E-state index is 12.7. The van der Waals surface area contributed by atoms with Gasteiger partial charge in [0.15, 0.2) is 0 Å². The van der Waals surface area contributed by atoms with Crippen LogP contribution in [0.15, 0.2) is 59.5 Å². The molecular weight excluding hydrogens is 416 g/mol. The fourth-order valence-electron chi connectivity index (χ4n) is 3.74. The second-order valence-electron chi connectivity index (χ2n) is 7.96. The molecule has 0 aliphatic rings. The van der Waals surface area contributed by atoms with E-state index in [2.05, 4.69) is 30.2 Å². The van der Waals surface area contributed by atoms with Gasteiger partial charge in [0.05, 0.1) is 16.6 Å². The number of aromatic nitrogens is 4. The van der Waals surface area contributed by atoms with Crippen LogP contribution in [0.1, 0.15) is 18.4 Å². The highest BCUT2D eigenvalue weighted by Gasteiger charge is 2.09. The van der Waals surface area contributed by atoms with Crippen molar-refractivity contribution in [1.29, 1.82) is 0 Å². The maximum atomic E-state index is 12.7. The van der Waals surface area contributed by atoms with Crippen LogP contribution in [0.25, 0.3) is 22.2 Å². The van der Waals surface area contributed by atoms with Crippen LogP contribution < -0.4 is 22.3 Å². The molecule has 0 saturated carbocycles. The van der Waals surface area contributed by atoms with Crippen molar-refractivity contribution in [2.45, 2.75) is 19.4 Å². The van der Waals surface area contributed by atoms with Gasteiger partial charge >= 0.3 is 0 Å². The third-order valence-electron chi connectivity index (χ3n) is 5.45. The molecule has 0 saturated heterocycles. The van der Waals surface area contributed by atoms with E-state index in [1.165, 1.54) is 5.56 Å². The van der Waals surface area contributed by atoms with Gasteiger partial charge in [-0.25, -0.2) is 9.97 Å². The first-order valence-corrected chi connectivity index (χ1v) is 11.2. The zero-order valence-corrected chi connectivity index (χ0v) is 18.6. The number of anilines is 2. The Hall–Kier alpha value is -3.53. The molecule has 0 fully saturated rings. The Morgan fingerprint density at radius 2 is 1.64 bits per heavy atom. The Bertz CT molecular complexity index is 1190. The molecule has 9 heteroatoms. The summed E-state index contributed by atoms with van der Waals surface area (Å²) in [5, 5.41) is 3.02. The van der Waals surface area contributed by atoms with Crippen molar-refractivity contribution in [1.82, 2.24) is 24.8 Å². The smallest absolute Gasteiger partial charge is 0.260 e. The van der Waals surface area contributed by atoms with E-state index in [0.29, 0.717) is 30.5 Å². The first-order valence-electron chi connectivity index (χ1n) is 11.2. The van der Waals surface area contributed by atoms with Gasteiger partial charge in [0, 0.05) is 12.7 Å². The number of fused-ring (bicyclic) bond motifs is 1. The first kappa shape index (κ1) is 22.7. The number of para-hydroxylation sites is 2. The lowest BCUT2D eigenvalue weighted by atomic mass is 10.1. The molecule has 0 aliphatic heterocycles. The van der Waals surface area contributed by atoms with Crippen LogP contribution in [0.5, 0.6) is 0 Å². The third kappa shape index (κ3) is 5.83. The van der Waals surface area contributed by atoms with Gasteiger partial charge in [-0.1, -0.05) is 36.4 Å². The van der Waals surface area contributed by atoms with E-state index in [-0.39, 0.29) is 5.56 Å². The Kier molecular flexibility index (Phi) is 7.46. The highest BCUT2D eigenvalue weighted by atomic mass is 16.1. The van der Waals surface area contributed by atoms with Crippen molar-refractivity contribution in [2.24, 2.45) is 11.5 Å². The summed E-state index contributed by atoms with van der Waals surface area (Å²) in [4.78, 5) is 29.8. The van der Waals surface area contributed by atoms with Crippen LogP contribution >= 0.6 is 0 Å². The summed E-state index contributed by atoms with van der Waals surface area (Å²) in [6, 6.07) is 15.7. The Labute approximate surface area is 192 Å². The molecule has 0 bridgehead atoms. The van der Waals surface area contributed by atoms with Crippen LogP contribution in [0, 0.1) is 0 Å². The lowest BCUT2D eigenvalue weighted by Gasteiger charge is -2.22. The average molecular weight is 447 g/mol. The number of benzene rings is 2. The quantitative estimate of drug-likeness (QED) is 0.238. The zero-order valence-electron chi connectivity index (χ0n) is 18.6. The Morgan fingerprint density at radius 3 is 2.30 bits per heavy atom. The monoisotopic (exact) mass is 446 g/mol. The molecule has 0 unspecified atom stereocenters. The molecule has 0 amide bonds. The third-order valence-corrected chi connectivity index (χ3v) is 5.45. The minimum absolute atomic E-state index is 0.219. The van der Waals surface area contributed by atoms with Crippen LogP contribution in [0.3, 0.4) is 0 Å². The van der Waals surface area contributed by atoms with Crippen molar-refractivity contribution in [3.05, 3.63) is 70.6 Å². The average Bonchev–Trinajstić information content (AvgIpc) is 3.24. The topological polar surface area (TPSA) is 142 Å². The molecule has 9 nitrogen and oxygen atoms in total. The van der Waals surface area contributed by atoms with Crippen molar-refractivity contribution >= 4 is 22.9 Å². The molecular formula is C24H30N8O. The summed E-state index contributed by atoms with van der Waals surface area (Å²) in [7, 11) is 0.